The van der Waals surface area contributed by atoms with Crippen molar-refractivity contribution in [2.75, 3.05) is 4.90 Å². The summed E-state index contributed by atoms with van der Waals surface area (Å²) in [6.45, 7) is 1.72. The van der Waals surface area contributed by atoms with Crippen molar-refractivity contribution in [1.82, 2.24) is 5.16 Å². The Labute approximate surface area is 160 Å². The van der Waals surface area contributed by atoms with E-state index in [-0.39, 0.29) is 29.4 Å². The molecule has 1 aliphatic carbocycles. The Morgan fingerprint density at radius 2 is 2.00 bits per heavy atom. The molecule has 3 atom stereocenters. The van der Waals surface area contributed by atoms with Crippen molar-refractivity contribution < 1.29 is 23.2 Å². The van der Waals surface area contributed by atoms with E-state index in [1.165, 1.54) is 17.0 Å². The molecule has 1 fully saturated rings. The molecule has 0 radical (unpaired) electrons. The van der Waals surface area contributed by atoms with Gasteiger partial charge in [0, 0.05) is 6.07 Å². The zero-order valence-corrected chi connectivity index (χ0v) is 15.4. The maximum absolute atomic E-state index is 14.0. The fourth-order valence-corrected chi connectivity index (χ4v) is 4.54. The molecule has 1 aromatic carbocycles. The van der Waals surface area contributed by atoms with E-state index in [0.29, 0.717) is 16.9 Å². The molecule has 7 heteroatoms. The summed E-state index contributed by atoms with van der Waals surface area (Å²) in [5, 5.41) is 3.96. The van der Waals surface area contributed by atoms with Crippen LogP contribution in [0.1, 0.15) is 43.0 Å². The van der Waals surface area contributed by atoms with Crippen molar-refractivity contribution in [1.29, 1.82) is 0 Å². The minimum absolute atomic E-state index is 0.0723. The molecule has 3 unspecified atom stereocenters. The molecule has 5 rings (SSSR count). The largest absolute Gasteiger partial charge is 0.483 e. The molecule has 3 heterocycles. The van der Waals surface area contributed by atoms with Crippen molar-refractivity contribution in [2.24, 2.45) is 5.92 Å². The molecule has 1 aromatic heterocycles. The van der Waals surface area contributed by atoms with Crippen LogP contribution in [0.3, 0.4) is 0 Å². The third-order valence-corrected chi connectivity index (χ3v) is 5.79. The summed E-state index contributed by atoms with van der Waals surface area (Å²) in [4.78, 5) is 28.0. The van der Waals surface area contributed by atoms with Crippen LogP contribution in [0, 0.1) is 18.7 Å². The lowest BCUT2D eigenvalue weighted by molar-refractivity contribution is -0.131. The number of ketones is 1. The summed E-state index contributed by atoms with van der Waals surface area (Å²) in [6, 6.07) is 6.79. The molecule has 0 N–H and O–H groups in total. The zero-order chi connectivity index (χ0) is 19.4. The summed E-state index contributed by atoms with van der Waals surface area (Å²) in [5.74, 6) is -0.309. The minimum atomic E-state index is -0.780. The summed E-state index contributed by atoms with van der Waals surface area (Å²) >= 11 is 0. The van der Waals surface area contributed by atoms with E-state index in [4.69, 9.17) is 9.26 Å². The highest BCUT2D eigenvalue weighted by Gasteiger charge is 2.53. The lowest BCUT2D eigenvalue weighted by atomic mass is 9.77. The fraction of sp³-hybridized carbons (Fsp3) is 0.381. The lowest BCUT2D eigenvalue weighted by Crippen LogP contribution is -2.39. The number of hydrogen-bond donors (Lipinski definition) is 0. The normalized spacial score (nSPS) is 26.9. The van der Waals surface area contributed by atoms with Gasteiger partial charge >= 0.3 is 0 Å². The second-order valence-electron chi connectivity index (χ2n) is 7.58. The number of rotatable bonds is 2. The van der Waals surface area contributed by atoms with E-state index in [1.54, 1.807) is 25.1 Å². The maximum Gasteiger partial charge on any atom is 0.295 e. The second-order valence-corrected chi connectivity index (χ2v) is 7.58. The van der Waals surface area contributed by atoms with Crippen LogP contribution in [0.5, 0.6) is 0 Å². The Kier molecular flexibility index (Phi) is 3.86. The van der Waals surface area contributed by atoms with Gasteiger partial charge in [0.25, 0.3) is 5.91 Å². The first-order valence-electron chi connectivity index (χ1n) is 9.52. The van der Waals surface area contributed by atoms with Gasteiger partial charge in [0.15, 0.2) is 17.4 Å². The van der Waals surface area contributed by atoms with Gasteiger partial charge in [-0.3, -0.25) is 14.5 Å². The van der Waals surface area contributed by atoms with Gasteiger partial charge in [0.05, 0.1) is 17.5 Å². The van der Waals surface area contributed by atoms with E-state index in [1.807, 2.05) is 0 Å². The van der Waals surface area contributed by atoms with Crippen molar-refractivity contribution in [3.8, 4) is 0 Å². The summed E-state index contributed by atoms with van der Waals surface area (Å²) in [7, 11) is 0. The molecule has 1 saturated carbocycles. The second kappa shape index (κ2) is 6.29. The SMILES string of the molecule is Cc1cc(N2C(=O)C3=C(C(=O)C4CCCCC4O3)C2c2cccc(F)c2)no1. The lowest BCUT2D eigenvalue weighted by Gasteiger charge is -2.35. The van der Waals surface area contributed by atoms with Crippen LogP contribution < -0.4 is 4.90 Å². The highest BCUT2D eigenvalue weighted by molar-refractivity contribution is 6.17. The van der Waals surface area contributed by atoms with E-state index < -0.39 is 17.8 Å². The van der Waals surface area contributed by atoms with Gasteiger partial charge in [-0.1, -0.05) is 23.7 Å². The average Bonchev–Trinajstić information content (AvgIpc) is 3.23. The molecule has 144 valence electrons. The predicted molar refractivity (Wildman–Crippen MR) is 96.7 cm³/mol. The third kappa shape index (κ3) is 2.49. The van der Waals surface area contributed by atoms with Gasteiger partial charge in [-0.05, 0) is 43.9 Å². The number of aryl methyl sites for hydroxylation is 1. The van der Waals surface area contributed by atoms with E-state index in [9.17, 15) is 14.0 Å². The van der Waals surface area contributed by atoms with Crippen molar-refractivity contribution in [3.63, 3.8) is 0 Å². The van der Waals surface area contributed by atoms with Crippen LogP contribution in [0.4, 0.5) is 10.2 Å². The fourth-order valence-electron chi connectivity index (χ4n) is 4.54. The van der Waals surface area contributed by atoms with Gasteiger partial charge in [-0.2, -0.15) is 0 Å². The van der Waals surface area contributed by atoms with Crippen molar-refractivity contribution in [2.45, 2.75) is 44.8 Å². The molecule has 0 spiro atoms. The van der Waals surface area contributed by atoms with Gasteiger partial charge in [-0.25, -0.2) is 4.39 Å². The summed E-state index contributed by atoms with van der Waals surface area (Å²) < 4.78 is 25.2. The Bertz CT molecular complexity index is 1010. The zero-order valence-electron chi connectivity index (χ0n) is 15.4. The molecular formula is C21H19FN2O4. The smallest absolute Gasteiger partial charge is 0.295 e. The van der Waals surface area contributed by atoms with E-state index in [0.717, 1.165) is 25.7 Å². The number of amides is 1. The predicted octanol–water partition coefficient (Wildman–Crippen LogP) is 3.62. The highest BCUT2D eigenvalue weighted by atomic mass is 19.1. The first-order valence-corrected chi connectivity index (χ1v) is 9.52. The number of fused-ring (bicyclic) bond motifs is 1. The first-order chi connectivity index (χ1) is 13.5. The standard InChI is InChI=1S/C21H19FN2O4/c1-11-9-16(23-28-11)24-18(12-5-4-6-13(22)10-12)17-19(25)14-7-2-3-8-15(14)27-20(17)21(24)26/h4-6,9-10,14-15,18H,2-3,7-8H2,1H3. The Hall–Kier alpha value is -2.96. The van der Waals surface area contributed by atoms with Gasteiger partial charge in [-0.15, -0.1) is 0 Å². The number of nitrogens with zero attached hydrogens (tertiary/aromatic N) is 2. The highest BCUT2D eigenvalue weighted by Crippen LogP contribution is 2.48. The molecule has 6 nitrogen and oxygen atoms in total. The molecule has 0 bridgehead atoms. The number of carbonyl (C=O) groups excluding carboxylic acids is 2. The van der Waals surface area contributed by atoms with Gasteiger partial charge < -0.3 is 9.26 Å². The van der Waals surface area contributed by atoms with Crippen LogP contribution in [0.15, 0.2) is 46.2 Å². The average molecular weight is 382 g/mol. The number of benzene rings is 1. The number of anilines is 1. The molecule has 3 aliphatic rings. The molecule has 28 heavy (non-hydrogen) atoms. The topological polar surface area (TPSA) is 72.6 Å². The quantitative estimate of drug-likeness (QED) is 0.793. The summed E-state index contributed by atoms with van der Waals surface area (Å²) in [5.41, 5.74) is 0.810. The molecule has 1 amide bonds. The molecule has 2 aliphatic heterocycles. The minimum Gasteiger partial charge on any atom is -0.483 e. The number of hydrogen-bond acceptors (Lipinski definition) is 5. The third-order valence-electron chi connectivity index (χ3n) is 5.79. The molecular weight excluding hydrogens is 363 g/mol. The Balaban J connectivity index is 1.67. The van der Waals surface area contributed by atoms with Gasteiger partial charge in [0.1, 0.15) is 17.7 Å². The van der Waals surface area contributed by atoms with Crippen molar-refractivity contribution in [3.05, 3.63) is 58.8 Å². The maximum atomic E-state index is 14.0. The van der Waals surface area contributed by atoms with E-state index in [2.05, 4.69) is 5.16 Å². The van der Waals surface area contributed by atoms with E-state index >= 15 is 0 Å². The van der Waals surface area contributed by atoms with Crippen molar-refractivity contribution >= 4 is 17.5 Å². The van der Waals surface area contributed by atoms with Crippen LogP contribution in [-0.2, 0) is 14.3 Å². The first kappa shape index (κ1) is 17.2. The number of halogens is 1. The Morgan fingerprint density at radius 1 is 1.18 bits per heavy atom. The monoisotopic (exact) mass is 382 g/mol. The number of carbonyl (C=O) groups is 2. The molecule has 0 saturated heterocycles. The van der Waals surface area contributed by atoms with Gasteiger partial charge in [0.2, 0.25) is 0 Å². The van der Waals surface area contributed by atoms with Crippen LogP contribution in [-0.4, -0.2) is 23.0 Å². The number of aromatic nitrogens is 1. The molecule has 2 aromatic rings. The number of ether oxygens (including phenoxy) is 1. The Morgan fingerprint density at radius 3 is 2.75 bits per heavy atom. The van der Waals surface area contributed by atoms with Crippen LogP contribution >= 0.6 is 0 Å². The number of Topliss-reactive ketones (excluding diaryl/α,β-unsaturated/α-hetero) is 1. The van der Waals surface area contributed by atoms with Crippen LogP contribution in [0.25, 0.3) is 0 Å². The summed E-state index contributed by atoms with van der Waals surface area (Å²) in [6.07, 6.45) is 3.17. The van der Waals surface area contributed by atoms with Crippen LogP contribution in [0.2, 0.25) is 0 Å².